The van der Waals surface area contributed by atoms with Crippen molar-refractivity contribution in [1.29, 1.82) is 0 Å². The topological polar surface area (TPSA) is 27.7 Å². The molecule has 42 valence electrons. The van der Waals surface area contributed by atoms with Crippen molar-refractivity contribution >= 4 is 11.6 Å². The minimum Gasteiger partial charge on any atom is -0.319 e. The van der Waals surface area contributed by atoms with E-state index < -0.39 is 0 Å². The van der Waals surface area contributed by atoms with Crippen molar-refractivity contribution in [3.05, 3.63) is 0 Å². The van der Waals surface area contributed by atoms with E-state index in [0.29, 0.717) is 5.88 Å². The van der Waals surface area contributed by atoms with Crippen LogP contribution < -0.4 is 0 Å². The normalized spacial score (nSPS) is 31.3. The lowest BCUT2D eigenvalue weighted by atomic mass is 10.8. The molecule has 4 heteroatoms. The van der Waals surface area contributed by atoms with Gasteiger partial charge in [0.1, 0.15) is 0 Å². The zero-order valence-electron chi connectivity index (χ0n) is 3.59. The van der Waals surface area contributed by atoms with Crippen LogP contribution in [-0.4, -0.2) is 19.0 Å². The largest absolute Gasteiger partial charge is 0.319 e. The van der Waals surface area contributed by atoms with Gasteiger partial charge in [-0.15, -0.1) is 11.6 Å². The molecule has 1 atom stereocenters. The fraction of sp³-hybridized carbons (Fsp3) is 1.00. The van der Waals surface area contributed by atoms with Gasteiger partial charge in [-0.3, -0.25) is 0 Å². The highest BCUT2D eigenvalue weighted by molar-refractivity contribution is 6.18. The number of hydrogen-bond acceptors (Lipinski definition) is 3. The SMILES string of the molecule is ClCC1OCOO1. The van der Waals surface area contributed by atoms with Gasteiger partial charge in [-0.1, -0.05) is 0 Å². The number of rotatable bonds is 1. The van der Waals surface area contributed by atoms with Crippen LogP contribution in [-0.2, 0) is 14.5 Å². The Morgan fingerprint density at radius 2 is 2.57 bits per heavy atom. The summed E-state index contributed by atoms with van der Waals surface area (Å²) in [5, 5.41) is 0. The zero-order chi connectivity index (χ0) is 5.11. The molecule has 0 saturated carbocycles. The van der Waals surface area contributed by atoms with Gasteiger partial charge in [-0.25, -0.2) is 9.78 Å². The van der Waals surface area contributed by atoms with Gasteiger partial charge in [-0.05, 0) is 0 Å². The lowest BCUT2D eigenvalue weighted by molar-refractivity contribution is -0.271. The molecule has 1 fully saturated rings. The Morgan fingerprint density at radius 3 is 2.86 bits per heavy atom. The van der Waals surface area contributed by atoms with E-state index in [0.717, 1.165) is 0 Å². The summed E-state index contributed by atoms with van der Waals surface area (Å²) < 4.78 is 4.73. The highest BCUT2D eigenvalue weighted by atomic mass is 35.5. The van der Waals surface area contributed by atoms with Crippen LogP contribution in [0.2, 0.25) is 0 Å². The first-order valence-corrected chi connectivity index (χ1v) is 2.43. The first-order valence-electron chi connectivity index (χ1n) is 1.89. The van der Waals surface area contributed by atoms with Gasteiger partial charge in [0.05, 0.1) is 5.88 Å². The van der Waals surface area contributed by atoms with E-state index in [4.69, 9.17) is 16.3 Å². The van der Waals surface area contributed by atoms with E-state index in [9.17, 15) is 0 Å². The van der Waals surface area contributed by atoms with Crippen LogP contribution in [0.3, 0.4) is 0 Å². The highest BCUT2D eigenvalue weighted by Gasteiger charge is 2.14. The Hall–Kier alpha value is 0.170. The van der Waals surface area contributed by atoms with E-state index in [-0.39, 0.29) is 13.1 Å². The third-order valence-corrected chi connectivity index (χ3v) is 0.855. The van der Waals surface area contributed by atoms with E-state index in [2.05, 4.69) is 9.78 Å². The molecule has 1 unspecified atom stereocenters. The van der Waals surface area contributed by atoms with Gasteiger partial charge in [0, 0.05) is 0 Å². The predicted octanol–water partition coefficient (Wildman–Crippen LogP) is 0.487. The Balaban J connectivity index is 2.14. The van der Waals surface area contributed by atoms with Crippen LogP contribution >= 0.6 is 11.6 Å². The molecular weight excluding hydrogens is 119 g/mol. The molecule has 0 amide bonds. The molecule has 3 nitrogen and oxygen atoms in total. The molecule has 0 aromatic carbocycles. The minimum absolute atomic E-state index is 0.192. The standard InChI is InChI=1S/C3H5ClO3/c4-1-3-5-2-6-7-3/h3H,1-2H2. The van der Waals surface area contributed by atoms with E-state index in [1.54, 1.807) is 0 Å². The number of ether oxygens (including phenoxy) is 1. The van der Waals surface area contributed by atoms with Gasteiger partial charge in [-0.2, -0.15) is 0 Å². The van der Waals surface area contributed by atoms with Crippen molar-refractivity contribution in [2.24, 2.45) is 0 Å². The molecule has 0 radical (unpaired) electrons. The predicted molar refractivity (Wildman–Crippen MR) is 22.6 cm³/mol. The molecule has 0 aliphatic carbocycles. The molecule has 0 aromatic heterocycles. The van der Waals surface area contributed by atoms with E-state index in [1.807, 2.05) is 0 Å². The molecule has 1 aliphatic rings. The van der Waals surface area contributed by atoms with E-state index in [1.165, 1.54) is 0 Å². The van der Waals surface area contributed by atoms with Crippen LogP contribution in [0.5, 0.6) is 0 Å². The first-order chi connectivity index (χ1) is 3.43. The fourth-order valence-electron chi connectivity index (χ4n) is 0.305. The maximum absolute atomic E-state index is 5.28. The van der Waals surface area contributed by atoms with Crippen LogP contribution in [0.15, 0.2) is 0 Å². The smallest absolute Gasteiger partial charge is 0.207 e. The quantitative estimate of drug-likeness (QED) is 0.376. The van der Waals surface area contributed by atoms with Crippen molar-refractivity contribution < 1.29 is 14.5 Å². The Morgan fingerprint density at radius 1 is 1.71 bits per heavy atom. The van der Waals surface area contributed by atoms with E-state index >= 15 is 0 Å². The summed E-state index contributed by atoms with van der Waals surface area (Å²) in [4.78, 5) is 8.79. The third-order valence-electron chi connectivity index (χ3n) is 0.603. The Kier molecular flexibility index (Phi) is 1.87. The molecule has 0 aromatic rings. The number of hydrogen-bond donors (Lipinski definition) is 0. The second kappa shape index (κ2) is 2.47. The third kappa shape index (κ3) is 1.28. The monoisotopic (exact) mass is 124 g/mol. The first kappa shape index (κ1) is 5.31. The molecule has 1 rings (SSSR count). The van der Waals surface area contributed by atoms with Gasteiger partial charge in [0.15, 0.2) is 6.79 Å². The summed E-state index contributed by atoms with van der Waals surface area (Å²) in [5.74, 6) is 0.319. The minimum atomic E-state index is -0.360. The second-order valence-electron chi connectivity index (χ2n) is 1.08. The van der Waals surface area contributed by atoms with Gasteiger partial charge < -0.3 is 4.74 Å². The average Bonchev–Trinajstić information content (AvgIpc) is 2.14. The summed E-state index contributed by atoms with van der Waals surface area (Å²) in [6, 6.07) is 0. The number of halogens is 1. The molecule has 0 bridgehead atoms. The van der Waals surface area contributed by atoms with Crippen molar-refractivity contribution in [2.45, 2.75) is 6.29 Å². The van der Waals surface area contributed by atoms with Crippen molar-refractivity contribution in [3.8, 4) is 0 Å². The molecule has 1 aliphatic heterocycles. The van der Waals surface area contributed by atoms with Crippen molar-refractivity contribution in [1.82, 2.24) is 0 Å². The molecule has 0 N–H and O–H groups in total. The van der Waals surface area contributed by atoms with Crippen LogP contribution in [0, 0.1) is 0 Å². The maximum Gasteiger partial charge on any atom is 0.207 e. The number of alkyl halides is 1. The van der Waals surface area contributed by atoms with Crippen LogP contribution in [0.4, 0.5) is 0 Å². The molecular formula is C3H5ClO3. The lowest BCUT2D eigenvalue weighted by Gasteiger charge is -1.95. The molecule has 7 heavy (non-hydrogen) atoms. The average molecular weight is 125 g/mol. The zero-order valence-corrected chi connectivity index (χ0v) is 4.35. The van der Waals surface area contributed by atoms with Crippen LogP contribution in [0.1, 0.15) is 0 Å². The summed E-state index contributed by atoms with van der Waals surface area (Å²) in [6.07, 6.45) is -0.360. The second-order valence-corrected chi connectivity index (χ2v) is 1.39. The lowest BCUT2D eigenvalue weighted by Crippen LogP contribution is -2.07. The summed E-state index contributed by atoms with van der Waals surface area (Å²) in [6.45, 7) is 0.192. The van der Waals surface area contributed by atoms with Crippen molar-refractivity contribution in [2.75, 3.05) is 12.7 Å². The Labute approximate surface area is 46.0 Å². The molecule has 1 saturated heterocycles. The van der Waals surface area contributed by atoms with Gasteiger partial charge >= 0.3 is 0 Å². The maximum atomic E-state index is 5.28. The summed E-state index contributed by atoms with van der Waals surface area (Å²) >= 11 is 5.28. The molecule has 1 heterocycles. The van der Waals surface area contributed by atoms with Crippen molar-refractivity contribution in [3.63, 3.8) is 0 Å². The summed E-state index contributed by atoms with van der Waals surface area (Å²) in [5.41, 5.74) is 0. The van der Waals surface area contributed by atoms with Crippen LogP contribution in [0.25, 0.3) is 0 Å². The molecule has 0 spiro atoms. The highest BCUT2D eigenvalue weighted by Crippen LogP contribution is 2.05. The fourth-order valence-corrected chi connectivity index (χ4v) is 0.446. The summed E-state index contributed by atoms with van der Waals surface area (Å²) in [7, 11) is 0. The van der Waals surface area contributed by atoms with Gasteiger partial charge in [0.25, 0.3) is 0 Å². The Bertz CT molecular complexity index is 52.1. The van der Waals surface area contributed by atoms with Gasteiger partial charge in [0.2, 0.25) is 6.29 Å².